The van der Waals surface area contributed by atoms with Gasteiger partial charge in [0.2, 0.25) is 11.8 Å². The summed E-state index contributed by atoms with van der Waals surface area (Å²) >= 11 is 13.5. The largest absolute Gasteiger partial charge is 0.376 e. The van der Waals surface area contributed by atoms with E-state index in [1.807, 2.05) is 30.3 Å². The summed E-state index contributed by atoms with van der Waals surface area (Å²) in [5, 5.41) is 3.39. The Hall–Kier alpha value is -2.06. The number of carbonyl (C=O) groups is 2. The van der Waals surface area contributed by atoms with Crippen molar-refractivity contribution in [2.24, 2.45) is 4.99 Å². The van der Waals surface area contributed by atoms with E-state index in [-0.39, 0.29) is 29.4 Å². The summed E-state index contributed by atoms with van der Waals surface area (Å²) in [6.45, 7) is 1.15. The maximum Gasteiger partial charge on any atom is 0.242 e. The molecule has 162 valence electrons. The van der Waals surface area contributed by atoms with Crippen molar-refractivity contribution in [3.05, 3.63) is 58.6 Å². The first kappa shape index (κ1) is 22.1. The quantitative estimate of drug-likeness (QED) is 0.625. The fourth-order valence-corrected chi connectivity index (χ4v) is 4.98. The van der Waals surface area contributed by atoms with Gasteiger partial charge in [0.05, 0.1) is 34.1 Å². The summed E-state index contributed by atoms with van der Waals surface area (Å²) < 4.78 is 5.72. The predicted octanol–water partition coefficient (Wildman–Crippen LogP) is 5.13. The molecule has 4 rings (SSSR count). The van der Waals surface area contributed by atoms with E-state index in [2.05, 4.69) is 10.3 Å². The van der Waals surface area contributed by atoms with Crippen LogP contribution in [0.4, 0.5) is 11.4 Å². The molecule has 0 bridgehead atoms. The smallest absolute Gasteiger partial charge is 0.242 e. The van der Waals surface area contributed by atoms with Crippen LogP contribution in [0.15, 0.2) is 53.5 Å². The van der Waals surface area contributed by atoms with E-state index in [9.17, 15) is 9.59 Å². The summed E-state index contributed by atoms with van der Waals surface area (Å²) in [4.78, 5) is 32.1. The lowest BCUT2D eigenvalue weighted by Crippen LogP contribution is -2.38. The van der Waals surface area contributed by atoms with Crippen LogP contribution in [-0.4, -0.2) is 46.4 Å². The maximum absolute atomic E-state index is 13.1. The number of amidine groups is 1. The summed E-state index contributed by atoms with van der Waals surface area (Å²) in [5.41, 5.74) is 1.18. The van der Waals surface area contributed by atoms with E-state index in [0.717, 1.165) is 18.5 Å². The molecule has 2 aliphatic heterocycles. The van der Waals surface area contributed by atoms with E-state index in [1.165, 1.54) is 11.8 Å². The van der Waals surface area contributed by atoms with Crippen molar-refractivity contribution in [1.82, 2.24) is 4.90 Å². The molecular formula is C22H21Cl2N3O3S. The van der Waals surface area contributed by atoms with Crippen LogP contribution in [0.5, 0.6) is 0 Å². The number of thioether (sulfide) groups is 1. The number of nitrogens with one attached hydrogen (secondary N) is 1. The van der Waals surface area contributed by atoms with Gasteiger partial charge < -0.3 is 10.1 Å². The molecule has 9 heteroatoms. The van der Waals surface area contributed by atoms with E-state index >= 15 is 0 Å². The number of ether oxygens (including phenoxy) is 1. The first-order valence-electron chi connectivity index (χ1n) is 9.98. The van der Waals surface area contributed by atoms with Crippen LogP contribution in [0.2, 0.25) is 10.0 Å². The maximum atomic E-state index is 13.1. The molecule has 2 aromatic carbocycles. The summed E-state index contributed by atoms with van der Waals surface area (Å²) in [6, 6.07) is 14.5. The minimum atomic E-state index is -0.568. The number of aliphatic imine (C=N–C) groups is 1. The number of rotatable bonds is 6. The number of benzene rings is 2. The van der Waals surface area contributed by atoms with Crippen molar-refractivity contribution >= 4 is 63.3 Å². The Morgan fingerprint density at radius 1 is 1.19 bits per heavy atom. The fourth-order valence-electron chi connectivity index (χ4n) is 3.47. The van der Waals surface area contributed by atoms with Crippen molar-refractivity contribution in [3.8, 4) is 0 Å². The summed E-state index contributed by atoms with van der Waals surface area (Å²) in [5.74, 6) is -0.449. The molecule has 0 aromatic heterocycles. The Balaban J connectivity index is 1.49. The molecule has 0 radical (unpaired) electrons. The van der Waals surface area contributed by atoms with Crippen molar-refractivity contribution < 1.29 is 14.3 Å². The molecule has 6 nitrogen and oxygen atoms in total. The van der Waals surface area contributed by atoms with Gasteiger partial charge in [-0.15, -0.1) is 0 Å². The molecular weight excluding hydrogens is 457 g/mol. The first-order valence-corrected chi connectivity index (χ1v) is 11.6. The fraction of sp³-hybridized carbons (Fsp3) is 0.318. The molecule has 2 saturated heterocycles. The number of nitrogens with zero attached hydrogens (tertiary/aromatic N) is 2. The Labute approximate surface area is 194 Å². The van der Waals surface area contributed by atoms with Crippen molar-refractivity contribution in [2.45, 2.75) is 30.6 Å². The number of anilines is 1. The summed E-state index contributed by atoms with van der Waals surface area (Å²) in [6.07, 6.45) is 1.88. The molecule has 2 aromatic rings. The lowest BCUT2D eigenvalue weighted by atomic mass is 10.2. The van der Waals surface area contributed by atoms with Crippen LogP contribution in [0, 0.1) is 0 Å². The molecule has 0 saturated carbocycles. The van der Waals surface area contributed by atoms with E-state index in [0.29, 0.717) is 29.0 Å². The zero-order chi connectivity index (χ0) is 21.8. The van der Waals surface area contributed by atoms with Gasteiger partial charge in [0.25, 0.3) is 0 Å². The third kappa shape index (κ3) is 5.41. The minimum Gasteiger partial charge on any atom is -0.376 e. The summed E-state index contributed by atoms with van der Waals surface area (Å²) in [7, 11) is 0. The predicted molar refractivity (Wildman–Crippen MR) is 125 cm³/mol. The van der Waals surface area contributed by atoms with E-state index in [1.54, 1.807) is 23.1 Å². The van der Waals surface area contributed by atoms with Gasteiger partial charge in [-0.2, -0.15) is 0 Å². The van der Waals surface area contributed by atoms with Crippen LogP contribution in [-0.2, 0) is 14.3 Å². The van der Waals surface area contributed by atoms with Gasteiger partial charge in [-0.05, 0) is 37.1 Å². The van der Waals surface area contributed by atoms with Crippen molar-refractivity contribution in [1.29, 1.82) is 0 Å². The molecule has 2 fully saturated rings. The molecule has 0 spiro atoms. The Morgan fingerprint density at radius 3 is 2.74 bits per heavy atom. The van der Waals surface area contributed by atoms with Crippen molar-refractivity contribution in [3.63, 3.8) is 0 Å². The van der Waals surface area contributed by atoms with Gasteiger partial charge in [0.1, 0.15) is 5.25 Å². The number of halogens is 2. The minimum absolute atomic E-state index is 0.00216. The Kier molecular flexibility index (Phi) is 7.17. The van der Waals surface area contributed by atoms with Crippen LogP contribution in [0.25, 0.3) is 0 Å². The zero-order valence-corrected chi connectivity index (χ0v) is 18.9. The molecule has 0 aliphatic carbocycles. The molecule has 1 N–H and O–H groups in total. The third-order valence-electron chi connectivity index (χ3n) is 5.01. The average Bonchev–Trinajstić information content (AvgIpc) is 3.37. The highest BCUT2D eigenvalue weighted by Gasteiger charge is 2.40. The van der Waals surface area contributed by atoms with Gasteiger partial charge in [-0.3, -0.25) is 14.5 Å². The van der Waals surface area contributed by atoms with E-state index < -0.39 is 5.25 Å². The lowest BCUT2D eigenvalue weighted by Gasteiger charge is -2.20. The monoisotopic (exact) mass is 477 g/mol. The van der Waals surface area contributed by atoms with Gasteiger partial charge in [-0.1, -0.05) is 59.2 Å². The molecule has 2 heterocycles. The van der Waals surface area contributed by atoms with Gasteiger partial charge in [0, 0.05) is 13.0 Å². The van der Waals surface area contributed by atoms with Gasteiger partial charge in [0.15, 0.2) is 5.17 Å². The number of carbonyl (C=O) groups excluding carboxylic acids is 2. The first-order chi connectivity index (χ1) is 15.0. The molecule has 31 heavy (non-hydrogen) atoms. The highest BCUT2D eigenvalue weighted by molar-refractivity contribution is 8.15. The highest BCUT2D eigenvalue weighted by Crippen LogP contribution is 2.34. The second-order valence-electron chi connectivity index (χ2n) is 7.27. The Bertz CT molecular complexity index is 997. The second kappa shape index (κ2) is 10.0. The van der Waals surface area contributed by atoms with Gasteiger partial charge in [-0.25, -0.2) is 4.99 Å². The van der Waals surface area contributed by atoms with Gasteiger partial charge >= 0.3 is 0 Å². The van der Waals surface area contributed by atoms with E-state index in [4.69, 9.17) is 27.9 Å². The number of hydrogen-bond donors (Lipinski definition) is 1. The average molecular weight is 478 g/mol. The molecule has 2 aliphatic rings. The number of hydrogen-bond acceptors (Lipinski definition) is 5. The van der Waals surface area contributed by atoms with Crippen LogP contribution in [0.1, 0.15) is 19.3 Å². The highest BCUT2D eigenvalue weighted by atomic mass is 35.5. The SMILES string of the molecule is O=C(CC1SC(=Nc2ccccc2)N(CC2CCCO2)C1=O)Nc1cccc(Cl)c1Cl. The normalized spacial score (nSPS) is 22.3. The molecule has 2 unspecified atom stereocenters. The van der Waals surface area contributed by atoms with Crippen molar-refractivity contribution in [2.75, 3.05) is 18.5 Å². The van der Waals surface area contributed by atoms with Crippen LogP contribution >= 0.6 is 35.0 Å². The second-order valence-corrected chi connectivity index (χ2v) is 9.23. The lowest BCUT2D eigenvalue weighted by molar-refractivity contribution is -0.129. The zero-order valence-electron chi connectivity index (χ0n) is 16.6. The number of para-hydroxylation sites is 1. The third-order valence-corrected chi connectivity index (χ3v) is 7.00. The van der Waals surface area contributed by atoms with Crippen LogP contribution in [0.3, 0.4) is 0 Å². The topological polar surface area (TPSA) is 71.0 Å². The van der Waals surface area contributed by atoms with Crippen LogP contribution < -0.4 is 5.32 Å². The Morgan fingerprint density at radius 2 is 2.00 bits per heavy atom. The standard InChI is InChI=1S/C22H21Cl2N3O3S/c23-16-9-4-10-17(20(16)24)26-19(28)12-18-21(29)27(13-15-8-5-11-30-15)22(31-18)25-14-6-2-1-3-7-14/h1-4,6-7,9-10,15,18H,5,8,11-13H2,(H,26,28). The molecule has 2 atom stereocenters. The number of amides is 2. The molecule has 2 amide bonds.